The number of esters is 1. The van der Waals surface area contributed by atoms with E-state index in [0.717, 1.165) is 25.7 Å². The van der Waals surface area contributed by atoms with Crippen LogP contribution in [-0.4, -0.2) is 28.0 Å². The van der Waals surface area contributed by atoms with Crippen molar-refractivity contribution >= 4 is 34.2 Å². The maximum absolute atomic E-state index is 11.6. The van der Waals surface area contributed by atoms with Gasteiger partial charge < -0.3 is 10.5 Å². The topological polar surface area (TPSA) is 78.1 Å². The Balaban J connectivity index is 1.70. The maximum Gasteiger partial charge on any atom is 0.316 e. The van der Waals surface area contributed by atoms with E-state index in [2.05, 4.69) is 10.2 Å². The van der Waals surface area contributed by atoms with Gasteiger partial charge in [0.05, 0.1) is 5.75 Å². The zero-order chi connectivity index (χ0) is 12.1. The first kappa shape index (κ1) is 12.6. The summed E-state index contributed by atoms with van der Waals surface area (Å²) in [6, 6.07) is 0. The minimum atomic E-state index is -0.171. The quantitative estimate of drug-likeness (QED) is 0.668. The smallest absolute Gasteiger partial charge is 0.316 e. The first-order chi connectivity index (χ1) is 8.24. The molecular formula is C10H15N3O2S2. The predicted octanol–water partition coefficient (Wildman–Crippen LogP) is 2.09. The monoisotopic (exact) mass is 273 g/mol. The lowest BCUT2D eigenvalue weighted by atomic mass is 9.98. The summed E-state index contributed by atoms with van der Waals surface area (Å²) in [6.07, 6.45) is 5.71. The van der Waals surface area contributed by atoms with Crippen LogP contribution < -0.4 is 5.73 Å². The fourth-order valence-electron chi connectivity index (χ4n) is 1.80. The summed E-state index contributed by atoms with van der Waals surface area (Å²) in [4.78, 5) is 11.6. The van der Waals surface area contributed by atoms with Gasteiger partial charge in [-0.05, 0) is 25.7 Å². The van der Waals surface area contributed by atoms with Crippen LogP contribution in [-0.2, 0) is 9.53 Å². The summed E-state index contributed by atoms with van der Waals surface area (Å²) < 4.78 is 6.10. The Hall–Kier alpha value is -0.820. The zero-order valence-electron chi connectivity index (χ0n) is 9.42. The Morgan fingerprint density at radius 3 is 2.82 bits per heavy atom. The molecule has 5 nitrogen and oxygen atoms in total. The lowest BCUT2D eigenvalue weighted by Crippen LogP contribution is -2.21. The van der Waals surface area contributed by atoms with Gasteiger partial charge in [-0.2, -0.15) is 0 Å². The van der Waals surface area contributed by atoms with Crippen molar-refractivity contribution < 1.29 is 9.53 Å². The minimum absolute atomic E-state index is 0.122. The number of ether oxygens (including phenoxy) is 1. The third-order valence-electron chi connectivity index (χ3n) is 2.59. The van der Waals surface area contributed by atoms with Gasteiger partial charge in [-0.1, -0.05) is 29.5 Å². The van der Waals surface area contributed by atoms with Crippen LogP contribution in [0.1, 0.15) is 32.1 Å². The van der Waals surface area contributed by atoms with Crippen molar-refractivity contribution in [2.24, 2.45) is 0 Å². The third-order valence-corrected chi connectivity index (χ3v) is 4.45. The molecule has 1 aromatic heterocycles. The average Bonchev–Trinajstić information content (AvgIpc) is 2.74. The van der Waals surface area contributed by atoms with Gasteiger partial charge in [0.15, 0.2) is 4.34 Å². The number of hydrogen-bond acceptors (Lipinski definition) is 7. The van der Waals surface area contributed by atoms with Crippen molar-refractivity contribution in [2.45, 2.75) is 42.5 Å². The van der Waals surface area contributed by atoms with Crippen LogP contribution in [0.3, 0.4) is 0 Å². The van der Waals surface area contributed by atoms with Gasteiger partial charge in [-0.25, -0.2) is 0 Å². The molecule has 0 atom stereocenters. The molecule has 1 saturated carbocycles. The Kier molecular flexibility index (Phi) is 4.61. The molecule has 1 aliphatic rings. The van der Waals surface area contributed by atoms with Gasteiger partial charge in [0.1, 0.15) is 6.10 Å². The van der Waals surface area contributed by atoms with Crippen LogP contribution in [0.25, 0.3) is 0 Å². The molecule has 0 bridgehead atoms. The summed E-state index contributed by atoms with van der Waals surface area (Å²) in [5.41, 5.74) is 5.45. The van der Waals surface area contributed by atoms with Crippen molar-refractivity contribution in [1.29, 1.82) is 0 Å². The van der Waals surface area contributed by atoms with Gasteiger partial charge >= 0.3 is 5.97 Å². The molecule has 17 heavy (non-hydrogen) atoms. The molecule has 2 N–H and O–H groups in total. The first-order valence-electron chi connectivity index (χ1n) is 5.65. The number of nitrogen functional groups attached to an aromatic ring is 1. The highest BCUT2D eigenvalue weighted by atomic mass is 32.2. The van der Waals surface area contributed by atoms with Crippen LogP contribution in [0, 0.1) is 0 Å². The molecule has 1 fully saturated rings. The number of carbonyl (C=O) groups excluding carboxylic acids is 1. The molecule has 0 radical (unpaired) electrons. The van der Waals surface area contributed by atoms with Crippen molar-refractivity contribution in [3.05, 3.63) is 0 Å². The van der Waals surface area contributed by atoms with E-state index < -0.39 is 0 Å². The van der Waals surface area contributed by atoms with E-state index in [1.165, 1.54) is 29.5 Å². The largest absolute Gasteiger partial charge is 0.462 e. The molecule has 1 aliphatic carbocycles. The summed E-state index contributed by atoms with van der Waals surface area (Å²) in [6.45, 7) is 0. The Bertz CT molecular complexity index is 377. The van der Waals surface area contributed by atoms with E-state index in [4.69, 9.17) is 10.5 Å². The Morgan fingerprint density at radius 2 is 2.18 bits per heavy atom. The van der Waals surface area contributed by atoms with Crippen molar-refractivity contribution in [3.8, 4) is 0 Å². The van der Waals surface area contributed by atoms with E-state index in [1.54, 1.807) is 0 Å². The van der Waals surface area contributed by atoms with E-state index in [-0.39, 0.29) is 17.8 Å². The number of rotatable bonds is 4. The SMILES string of the molecule is Nc1nnc(SCC(=O)OC2CCCCC2)s1. The molecule has 2 rings (SSSR count). The molecule has 1 heterocycles. The highest BCUT2D eigenvalue weighted by Gasteiger charge is 2.18. The van der Waals surface area contributed by atoms with Crippen LogP contribution in [0.5, 0.6) is 0 Å². The van der Waals surface area contributed by atoms with Crippen molar-refractivity contribution in [1.82, 2.24) is 10.2 Å². The second kappa shape index (κ2) is 6.20. The van der Waals surface area contributed by atoms with E-state index in [9.17, 15) is 4.79 Å². The van der Waals surface area contributed by atoms with Crippen molar-refractivity contribution in [3.63, 3.8) is 0 Å². The Morgan fingerprint density at radius 1 is 1.41 bits per heavy atom. The van der Waals surface area contributed by atoms with Gasteiger partial charge in [-0.15, -0.1) is 10.2 Å². The van der Waals surface area contributed by atoms with Crippen molar-refractivity contribution in [2.75, 3.05) is 11.5 Å². The van der Waals surface area contributed by atoms with Crippen LogP contribution in [0.4, 0.5) is 5.13 Å². The maximum atomic E-state index is 11.6. The van der Waals surface area contributed by atoms with Crippen LogP contribution in [0.2, 0.25) is 0 Å². The summed E-state index contributed by atoms with van der Waals surface area (Å²) in [7, 11) is 0. The highest BCUT2D eigenvalue weighted by Crippen LogP contribution is 2.25. The molecule has 0 unspecified atom stereocenters. The molecule has 94 valence electrons. The summed E-state index contributed by atoms with van der Waals surface area (Å²) in [5.74, 6) is 0.112. The molecule has 0 spiro atoms. The molecule has 0 aromatic carbocycles. The Labute approximate surface area is 108 Å². The lowest BCUT2D eigenvalue weighted by Gasteiger charge is -2.21. The molecule has 7 heteroatoms. The standard InChI is InChI=1S/C10H15N3O2S2/c11-9-12-13-10(17-9)16-6-8(14)15-7-4-2-1-3-5-7/h7H,1-6H2,(H2,11,12). The molecular weight excluding hydrogens is 258 g/mol. The van der Waals surface area contributed by atoms with E-state index in [0.29, 0.717) is 9.47 Å². The normalized spacial score (nSPS) is 16.9. The van der Waals surface area contributed by atoms with Crippen LogP contribution >= 0.6 is 23.1 Å². The summed E-state index contributed by atoms with van der Waals surface area (Å²) in [5, 5.41) is 7.94. The number of carbonyl (C=O) groups is 1. The molecule has 0 saturated heterocycles. The molecule has 0 amide bonds. The summed E-state index contributed by atoms with van der Waals surface area (Å²) >= 11 is 2.61. The number of hydrogen-bond donors (Lipinski definition) is 1. The highest BCUT2D eigenvalue weighted by molar-refractivity contribution is 8.01. The second-order valence-corrected chi connectivity index (χ2v) is 6.18. The van der Waals surface area contributed by atoms with E-state index in [1.807, 2.05) is 0 Å². The van der Waals surface area contributed by atoms with Gasteiger partial charge in [-0.3, -0.25) is 4.79 Å². The predicted molar refractivity (Wildman–Crippen MR) is 68.0 cm³/mol. The zero-order valence-corrected chi connectivity index (χ0v) is 11.1. The van der Waals surface area contributed by atoms with E-state index >= 15 is 0 Å². The first-order valence-corrected chi connectivity index (χ1v) is 7.45. The lowest BCUT2D eigenvalue weighted by molar-refractivity contribution is -0.147. The molecule has 1 aromatic rings. The van der Waals surface area contributed by atoms with Gasteiger partial charge in [0.2, 0.25) is 5.13 Å². The number of anilines is 1. The number of aromatic nitrogens is 2. The second-order valence-electron chi connectivity index (χ2n) is 3.94. The number of nitrogens with zero attached hydrogens (tertiary/aromatic N) is 2. The number of thioether (sulfide) groups is 1. The minimum Gasteiger partial charge on any atom is -0.462 e. The fourth-order valence-corrected chi connectivity index (χ4v) is 3.22. The van der Waals surface area contributed by atoms with Gasteiger partial charge in [0.25, 0.3) is 0 Å². The molecule has 0 aliphatic heterocycles. The fraction of sp³-hybridized carbons (Fsp3) is 0.700. The van der Waals surface area contributed by atoms with Gasteiger partial charge in [0, 0.05) is 0 Å². The third kappa shape index (κ3) is 4.16. The average molecular weight is 273 g/mol. The van der Waals surface area contributed by atoms with Crippen LogP contribution in [0.15, 0.2) is 4.34 Å². The number of nitrogens with two attached hydrogens (primary N) is 1.